The van der Waals surface area contributed by atoms with Gasteiger partial charge in [-0.25, -0.2) is 4.98 Å². The highest BCUT2D eigenvalue weighted by atomic mass is 16.2. The molecule has 17 heavy (non-hydrogen) atoms. The van der Waals surface area contributed by atoms with Crippen molar-refractivity contribution in [2.24, 2.45) is 7.05 Å². The Kier molecular flexibility index (Phi) is 2.91. The Labute approximate surface area is 98.1 Å². The van der Waals surface area contributed by atoms with Crippen LogP contribution in [0.2, 0.25) is 0 Å². The number of hydrogen-bond donors (Lipinski definition) is 1. The van der Waals surface area contributed by atoms with E-state index in [4.69, 9.17) is 0 Å². The number of nitrogens with zero attached hydrogens (tertiary/aromatic N) is 2. The van der Waals surface area contributed by atoms with Crippen LogP contribution in [0.1, 0.15) is 17.3 Å². The lowest BCUT2D eigenvalue weighted by molar-refractivity contribution is 0.0954. The van der Waals surface area contributed by atoms with Crippen molar-refractivity contribution in [1.29, 1.82) is 0 Å². The summed E-state index contributed by atoms with van der Waals surface area (Å²) >= 11 is 0. The first kappa shape index (κ1) is 11.3. The van der Waals surface area contributed by atoms with Crippen LogP contribution in [-0.4, -0.2) is 22.0 Å². The van der Waals surface area contributed by atoms with E-state index in [0.29, 0.717) is 12.2 Å². The average Bonchev–Trinajstić information content (AvgIpc) is 2.34. The zero-order valence-electron chi connectivity index (χ0n) is 9.73. The average molecular weight is 231 g/mol. The standard InChI is InChI=1S/C12H13N3O2/c1-3-13-11(16)9-7-8-5-4-6-14-10(8)15(2)12(9)17/h4-7H,3H2,1-2H3,(H,13,16). The Balaban J connectivity index is 2.70. The van der Waals surface area contributed by atoms with Crippen LogP contribution in [-0.2, 0) is 7.05 Å². The Bertz CT molecular complexity index is 631. The van der Waals surface area contributed by atoms with Gasteiger partial charge in [0.05, 0.1) is 0 Å². The number of rotatable bonds is 2. The van der Waals surface area contributed by atoms with Crippen molar-refractivity contribution in [3.8, 4) is 0 Å². The van der Waals surface area contributed by atoms with Crippen LogP contribution in [0.15, 0.2) is 29.2 Å². The van der Waals surface area contributed by atoms with Crippen molar-refractivity contribution < 1.29 is 4.79 Å². The molecular weight excluding hydrogens is 218 g/mol. The van der Waals surface area contributed by atoms with Gasteiger partial charge >= 0.3 is 0 Å². The van der Waals surface area contributed by atoms with Gasteiger partial charge in [-0.15, -0.1) is 0 Å². The number of hydrogen-bond acceptors (Lipinski definition) is 3. The molecule has 0 radical (unpaired) electrons. The largest absolute Gasteiger partial charge is 0.352 e. The number of aryl methyl sites for hydroxylation is 1. The monoisotopic (exact) mass is 231 g/mol. The summed E-state index contributed by atoms with van der Waals surface area (Å²) in [5.41, 5.74) is 0.391. The van der Waals surface area contributed by atoms with Gasteiger partial charge in [0, 0.05) is 25.2 Å². The van der Waals surface area contributed by atoms with E-state index in [1.165, 1.54) is 4.57 Å². The summed E-state index contributed by atoms with van der Waals surface area (Å²) in [6, 6.07) is 5.18. The van der Waals surface area contributed by atoms with Gasteiger partial charge in [0.25, 0.3) is 11.5 Å². The minimum atomic E-state index is -0.348. The molecule has 0 fully saturated rings. The molecule has 1 amide bonds. The molecule has 5 nitrogen and oxygen atoms in total. The lowest BCUT2D eigenvalue weighted by atomic mass is 10.2. The number of nitrogens with one attached hydrogen (secondary N) is 1. The van der Waals surface area contributed by atoms with Crippen LogP contribution in [0.5, 0.6) is 0 Å². The molecule has 2 heterocycles. The highest BCUT2D eigenvalue weighted by molar-refractivity contribution is 5.96. The lowest BCUT2D eigenvalue weighted by Gasteiger charge is -2.07. The van der Waals surface area contributed by atoms with Crippen LogP contribution in [0.25, 0.3) is 11.0 Å². The first-order valence-electron chi connectivity index (χ1n) is 5.38. The predicted octanol–water partition coefficient (Wildman–Crippen LogP) is 0.683. The number of pyridine rings is 2. The van der Waals surface area contributed by atoms with Crippen molar-refractivity contribution in [3.63, 3.8) is 0 Å². The summed E-state index contributed by atoms with van der Waals surface area (Å²) in [7, 11) is 1.61. The van der Waals surface area contributed by atoms with Crippen molar-refractivity contribution in [2.45, 2.75) is 6.92 Å². The molecule has 0 saturated heterocycles. The van der Waals surface area contributed by atoms with Crippen molar-refractivity contribution in [1.82, 2.24) is 14.9 Å². The minimum Gasteiger partial charge on any atom is -0.352 e. The van der Waals surface area contributed by atoms with E-state index in [1.54, 1.807) is 25.4 Å². The van der Waals surface area contributed by atoms with E-state index in [-0.39, 0.29) is 17.0 Å². The molecule has 0 aliphatic heterocycles. The highest BCUT2D eigenvalue weighted by Crippen LogP contribution is 2.09. The molecule has 0 atom stereocenters. The zero-order valence-corrected chi connectivity index (χ0v) is 9.73. The molecule has 0 unspecified atom stereocenters. The van der Waals surface area contributed by atoms with Crippen LogP contribution < -0.4 is 10.9 Å². The van der Waals surface area contributed by atoms with E-state index in [9.17, 15) is 9.59 Å². The van der Waals surface area contributed by atoms with E-state index >= 15 is 0 Å². The Morgan fingerprint density at radius 2 is 2.29 bits per heavy atom. The molecule has 5 heteroatoms. The molecular formula is C12H13N3O2. The normalized spacial score (nSPS) is 10.5. The number of carbonyl (C=O) groups excluding carboxylic acids is 1. The van der Waals surface area contributed by atoms with E-state index in [1.807, 2.05) is 13.0 Å². The molecule has 2 aromatic heterocycles. The number of carbonyl (C=O) groups is 1. The quantitative estimate of drug-likeness (QED) is 0.826. The van der Waals surface area contributed by atoms with E-state index in [2.05, 4.69) is 10.3 Å². The van der Waals surface area contributed by atoms with Crippen LogP contribution in [0, 0.1) is 0 Å². The summed E-state index contributed by atoms with van der Waals surface area (Å²) in [5, 5.41) is 3.40. The second kappa shape index (κ2) is 4.37. The summed E-state index contributed by atoms with van der Waals surface area (Å²) in [5.74, 6) is -0.348. The Morgan fingerprint density at radius 1 is 1.53 bits per heavy atom. The molecule has 1 N–H and O–H groups in total. The first-order valence-corrected chi connectivity index (χ1v) is 5.38. The molecule has 0 aliphatic rings. The third-order valence-electron chi connectivity index (χ3n) is 2.55. The molecule has 2 aromatic rings. The lowest BCUT2D eigenvalue weighted by Crippen LogP contribution is -2.32. The van der Waals surface area contributed by atoms with Gasteiger partial charge < -0.3 is 5.32 Å². The SMILES string of the molecule is CCNC(=O)c1cc2cccnc2n(C)c1=O. The summed E-state index contributed by atoms with van der Waals surface area (Å²) < 4.78 is 1.39. The summed E-state index contributed by atoms with van der Waals surface area (Å²) in [4.78, 5) is 27.8. The molecule has 2 rings (SSSR count). The second-order valence-corrected chi connectivity index (χ2v) is 3.70. The van der Waals surface area contributed by atoms with Crippen molar-refractivity contribution in [2.75, 3.05) is 6.54 Å². The fraction of sp³-hybridized carbons (Fsp3) is 0.250. The maximum absolute atomic E-state index is 12.0. The zero-order chi connectivity index (χ0) is 12.4. The van der Waals surface area contributed by atoms with Gasteiger partial charge in [-0.1, -0.05) is 0 Å². The minimum absolute atomic E-state index is 0.148. The van der Waals surface area contributed by atoms with E-state index in [0.717, 1.165) is 5.39 Å². The smallest absolute Gasteiger partial charge is 0.264 e. The molecule has 0 bridgehead atoms. The van der Waals surface area contributed by atoms with Gasteiger partial charge in [0.2, 0.25) is 0 Å². The molecule has 0 spiro atoms. The van der Waals surface area contributed by atoms with Crippen LogP contribution in [0.4, 0.5) is 0 Å². The van der Waals surface area contributed by atoms with Gasteiger partial charge in [0.15, 0.2) is 0 Å². The maximum Gasteiger partial charge on any atom is 0.264 e. The Hall–Kier alpha value is -2.17. The third kappa shape index (κ3) is 1.91. The maximum atomic E-state index is 12.0. The van der Waals surface area contributed by atoms with Gasteiger partial charge in [-0.2, -0.15) is 0 Å². The number of aromatic nitrogens is 2. The van der Waals surface area contributed by atoms with Gasteiger partial charge in [0.1, 0.15) is 11.2 Å². The Morgan fingerprint density at radius 3 is 3.00 bits per heavy atom. The van der Waals surface area contributed by atoms with Crippen LogP contribution >= 0.6 is 0 Å². The van der Waals surface area contributed by atoms with Crippen molar-refractivity contribution in [3.05, 3.63) is 40.3 Å². The topological polar surface area (TPSA) is 64.0 Å². The highest BCUT2D eigenvalue weighted by Gasteiger charge is 2.13. The third-order valence-corrected chi connectivity index (χ3v) is 2.55. The number of fused-ring (bicyclic) bond motifs is 1. The van der Waals surface area contributed by atoms with E-state index < -0.39 is 0 Å². The number of amides is 1. The fourth-order valence-electron chi connectivity index (χ4n) is 1.71. The van der Waals surface area contributed by atoms with Crippen LogP contribution in [0.3, 0.4) is 0 Å². The summed E-state index contributed by atoms with van der Waals surface area (Å²) in [6.45, 7) is 2.30. The predicted molar refractivity (Wildman–Crippen MR) is 65.0 cm³/mol. The molecule has 0 saturated carbocycles. The summed E-state index contributed by atoms with van der Waals surface area (Å²) in [6.07, 6.45) is 1.62. The molecule has 0 aliphatic carbocycles. The molecule has 0 aromatic carbocycles. The first-order chi connectivity index (χ1) is 8.15. The van der Waals surface area contributed by atoms with Crippen molar-refractivity contribution >= 4 is 16.9 Å². The van der Waals surface area contributed by atoms with Gasteiger partial charge in [-0.3, -0.25) is 14.2 Å². The second-order valence-electron chi connectivity index (χ2n) is 3.70. The van der Waals surface area contributed by atoms with Gasteiger partial charge in [-0.05, 0) is 25.1 Å². The molecule has 88 valence electrons. The fourth-order valence-corrected chi connectivity index (χ4v) is 1.71.